The van der Waals surface area contributed by atoms with Gasteiger partial charge in [-0.3, -0.25) is 0 Å². The van der Waals surface area contributed by atoms with Crippen LogP contribution in [0, 0.1) is 0 Å². The van der Waals surface area contributed by atoms with Crippen molar-refractivity contribution in [3.05, 3.63) is 59.7 Å². The van der Waals surface area contributed by atoms with E-state index in [1.807, 2.05) is 36.4 Å². The van der Waals surface area contributed by atoms with Crippen LogP contribution in [0.2, 0.25) is 0 Å². The van der Waals surface area contributed by atoms with Crippen molar-refractivity contribution in [1.82, 2.24) is 0 Å². The Labute approximate surface area is 139 Å². The summed E-state index contributed by atoms with van der Waals surface area (Å²) in [5, 5.41) is 0. The second-order valence-corrected chi connectivity index (χ2v) is 5.22. The van der Waals surface area contributed by atoms with Gasteiger partial charge in [-0.05, 0) is 41.8 Å². The zero-order chi connectivity index (χ0) is 17.4. The number of benzene rings is 2. The summed E-state index contributed by atoms with van der Waals surface area (Å²) in [6.07, 6.45) is 1.15. The van der Waals surface area contributed by atoms with E-state index in [-0.39, 0.29) is 5.75 Å². The molecule has 0 heterocycles. The Hall–Kier alpha value is -2.43. The number of hydrogen-bond acceptors (Lipinski definition) is 2. The highest BCUT2D eigenvalue weighted by Gasteiger charge is 2.30. The normalized spacial score (nSPS) is 11.7. The minimum absolute atomic E-state index is 0.228. The fourth-order valence-electron chi connectivity index (χ4n) is 1.98. The van der Waals surface area contributed by atoms with Crippen molar-refractivity contribution in [3.63, 3.8) is 0 Å². The van der Waals surface area contributed by atoms with Crippen molar-refractivity contribution in [1.29, 1.82) is 0 Å². The lowest BCUT2D eigenvalue weighted by Crippen LogP contribution is -2.16. The SMILES string of the molecule is CCCCOc1ccc(C=Cc2ccc(OC(F)(F)F)cc2)cc1. The molecule has 0 saturated heterocycles. The van der Waals surface area contributed by atoms with Crippen LogP contribution in [-0.4, -0.2) is 13.0 Å². The molecule has 0 aliphatic heterocycles. The maximum atomic E-state index is 12.1. The zero-order valence-electron chi connectivity index (χ0n) is 13.3. The molecule has 2 nitrogen and oxygen atoms in total. The molecule has 0 radical (unpaired) electrons. The van der Waals surface area contributed by atoms with Crippen LogP contribution in [0.1, 0.15) is 30.9 Å². The molecule has 0 N–H and O–H groups in total. The lowest BCUT2D eigenvalue weighted by atomic mass is 10.1. The molecule has 0 amide bonds. The molecule has 0 aliphatic carbocycles. The third kappa shape index (κ3) is 6.36. The first-order valence-electron chi connectivity index (χ1n) is 7.73. The molecule has 0 bridgehead atoms. The summed E-state index contributed by atoms with van der Waals surface area (Å²) in [7, 11) is 0. The molecule has 0 saturated carbocycles. The van der Waals surface area contributed by atoms with Gasteiger partial charge in [0.15, 0.2) is 0 Å². The first kappa shape index (κ1) is 17.9. The summed E-state index contributed by atoms with van der Waals surface area (Å²) in [6.45, 7) is 2.82. The fourth-order valence-corrected chi connectivity index (χ4v) is 1.98. The molecule has 24 heavy (non-hydrogen) atoms. The number of ether oxygens (including phenoxy) is 2. The molecule has 0 atom stereocenters. The highest BCUT2D eigenvalue weighted by Crippen LogP contribution is 2.23. The van der Waals surface area contributed by atoms with E-state index in [1.165, 1.54) is 12.1 Å². The standard InChI is InChI=1S/C19H19F3O2/c1-2-3-14-23-17-10-6-15(7-11-17)4-5-16-8-12-18(13-9-16)24-19(20,21)22/h4-13H,2-3,14H2,1H3. The summed E-state index contributed by atoms with van der Waals surface area (Å²) in [6, 6.07) is 13.4. The average molecular weight is 336 g/mol. The molecule has 5 heteroatoms. The Morgan fingerprint density at radius 2 is 1.33 bits per heavy atom. The van der Waals surface area contributed by atoms with Gasteiger partial charge < -0.3 is 9.47 Å². The van der Waals surface area contributed by atoms with Crippen molar-refractivity contribution >= 4 is 12.2 Å². The van der Waals surface area contributed by atoms with Gasteiger partial charge in [0.05, 0.1) is 6.61 Å². The molecule has 0 unspecified atom stereocenters. The Morgan fingerprint density at radius 1 is 0.833 bits per heavy atom. The molecule has 0 fully saturated rings. The van der Waals surface area contributed by atoms with E-state index in [0.717, 1.165) is 29.7 Å². The van der Waals surface area contributed by atoms with Gasteiger partial charge in [-0.25, -0.2) is 0 Å². The number of hydrogen-bond donors (Lipinski definition) is 0. The smallest absolute Gasteiger partial charge is 0.494 e. The van der Waals surface area contributed by atoms with Crippen LogP contribution >= 0.6 is 0 Å². The van der Waals surface area contributed by atoms with E-state index in [2.05, 4.69) is 11.7 Å². The Kier molecular flexibility index (Phi) is 6.29. The lowest BCUT2D eigenvalue weighted by molar-refractivity contribution is -0.274. The highest BCUT2D eigenvalue weighted by atomic mass is 19.4. The summed E-state index contributed by atoms with van der Waals surface area (Å²) in [5.41, 5.74) is 1.77. The zero-order valence-corrected chi connectivity index (χ0v) is 13.3. The number of alkyl halides is 3. The van der Waals surface area contributed by atoms with Crippen LogP contribution in [0.25, 0.3) is 12.2 Å². The van der Waals surface area contributed by atoms with Gasteiger partial charge >= 0.3 is 6.36 Å². The lowest BCUT2D eigenvalue weighted by Gasteiger charge is -2.08. The second kappa shape index (κ2) is 8.43. The van der Waals surface area contributed by atoms with Crippen molar-refractivity contribution in [3.8, 4) is 11.5 Å². The summed E-state index contributed by atoms with van der Waals surface area (Å²) >= 11 is 0. The van der Waals surface area contributed by atoms with Crippen LogP contribution < -0.4 is 9.47 Å². The Balaban J connectivity index is 1.93. The highest BCUT2D eigenvalue weighted by molar-refractivity contribution is 5.70. The molecule has 2 aromatic rings. The average Bonchev–Trinajstić information content (AvgIpc) is 2.54. The molecular weight excluding hydrogens is 317 g/mol. The topological polar surface area (TPSA) is 18.5 Å². The molecule has 0 spiro atoms. The van der Waals surface area contributed by atoms with Gasteiger partial charge in [-0.15, -0.1) is 13.2 Å². The van der Waals surface area contributed by atoms with Gasteiger partial charge in [0.1, 0.15) is 11.5 Å². The predicted octanol–water partition coefficient (Wildman–Crippen LogP) is 5.93. The molecule has 0 aliphatic rings. The number of halogens is 3. The van der Waals surface area contributed by atoms with Gasteiger partial charge in [0.25, 0.3) is 0 Å². The Morgan fingerprint density at radius 3 is 1.79 bits per heavy atom. The van der Waals surface area contributed by atoms with Crippen molar-refractivity contribution < 1.29 is 22.6 Å². The van der Waals surface area contributed by atoms with Gasteiger partial charge in [-0.1, -0.05) is 49.8 Å². The van der Waals surface area contributed by atoms with Crippen molar-refractivity contribution in [2.75, 3.05) is 6.61 Å². The van der Waals surface area contributed by atoms with Crippen LogP contribution in [0.15, 0.2) is 48.5 Å². The maximum absolute atomic E-state index is 12.1. The largest absolute Gasteiger partial charge is 0.573 e. The minimum Gasteiger partial charge on any atom is -0.494 e. The van der Waals surface area contributed by atoms with E-state index in [9.17, 15) is 13.2 Å². The van der Waals surface area contributed by atoms with E-state index >= 15 is 0 Å². The van der Waals surface area contributed by atoms with Gasteiger partial charge in [0.2, 0.25) is 0 Å². The first-order valence-corrected chi connectivity index (χ1v) is 7.73. The van der Waals surface area contributed by atoms with Crippen LogP contribution in [0.5, 0.6) is 11.5 Å². The minimum atomic E-state index is -4.67. The molecule has 2 aromatic carbocycles. The summed E-state index contributed by atoms with van der Waals surface area (Å²) in [5.74, 6) is 0.600. The van der Waals surface area contributed by atoms with Crippen molar-refractivity contribution in [2.45, 2.75) is 26.1 Å². The molecule has 128 valence electrons. The van der Waals surface area contributed by atoms with Gasteiger partial charge in [-0.2, -0.15) is 0 Å². The summed E-state index contributed by atoms with van der Waals surface area (Å²) in [4.78, 5) is 0. The quantitative estimate of drug-likeness (QED) is 0.460. The first-order chi connectivity index (χ1) is 11.5. The van der Waals surface area contributed by atoms with E-state index in [1.54, 1.807) is 12.1 Å². The van der Waals surface area contributed by atoms with E-state index in [0.29, 0.717) is 6.61 Å². The predicted molar refractivity (Wildman–Crippen MR) is 88.9 cm³/mol. The fraction of sp³-hybridized carbons (Fsp3) is 0.263. The van der Waals surface area contributed by atoms with E-state index in [4.69, 9.17) is 4.74 Å². The summed E-state index contributed by atoms with van der Waals surface area (Å²) < 4.78 is 45.7. The monoisotopic (exact) mass is 336 g/mol. The second-order valence-electron chi connectivity index (χ2n) is 5.22. The third-order valence-corrected chi connectivity index (χ3v) is 3.23. The molecule has 0 aromatic heterocycles. The van der Waals surface area contributed by atoms with Crippen LogP contribution in [-0.2, 0) is 0 Å². The van der Waals surface area contributed by atoms with Crippen LogP contribution in [0.3, 0.4) is 0 Å². The maximum Gasteiger partial charge on any atom is 0.573 e. The van der Waals surface area contributed by atoms with Crippen LogP contribution in [0.4, 0.5) is 13.2 Å². The van der Waals surface area contributed by atoms with Gasteiger partial charge in [0, 0.05) is 0 Å². The molecular formula is C19H19F3O2. The Bertz CT molecular complexity index is 644. The third-order valence-electron chi connectivity index (χ3n) is 3.23. The molecule has 2 rings (SSSR count). The van der Waals surface area contributed by atoms with Crippen molar-refractivity contribution in [2.24, 2.45) is 0 Å². The number of unbranched alkanes of at least 4 members (excludes halogenated alkanes) is 1. The number of rotatable bonds is 7. The van der Waals surface area contributed by atoms with E-state index < -0.39 is 6.36 Å².